The van der Waals surface area contributed by atoms with E-state index in [4.69, 9.17) is 18.9 Å². The molecular formula is C24H27N5O6. The molecule has 1 saturated heterocycles. The highest BCUT2D eigenvalue weighted by Gasteiger charge is 2.30. The first-order valence-electron chi connectivity index (χ1n) is 11.7. The summed E-state index contributed by atoms with van der Waals surface area (Å²) in [5.41, 5.74) is 2.65. The Kier molecular flexibility index (Phi) is 6.30. The van der Waals surface area contributed by atoms with Crippen LogP contribution in [0.2, 0.25) is 0 Å². The first-order valence-corrected chi connectivity index (χ1v) is 11.7. The summed E-state index contributed by atoms with van der Waals surface area (Å²) in [4.78, 5) is 38.7. The van der Waals surface area contributed by atoms with Crippen LogP contribution in [0, 0.1) is 0 Å². The number of nitrogens with one attached hydrogen (secondary N) is 2. The fourth-order valence-electron chi connectivity index (χ4n) is 4.33. The zero-order valence-corrected chi connectivity index (χ0v) is 19.6. The molecule has 35 heavy (non-hydrogen) atoms. The second-order valence-corrected chi connectivity index (χ2v) is 8.27. The van der Waals surface area contributed by atoms with Gasteiger partial charge in [0.2, 0.25) is 6.79 Å². The SMILES string of the molecule is CCCOc1ccc2c(c1-c1ncnc3c(C(=O)N[C@@H]4CCN(C(=O)OCC)C4)c[nH]c13)OCO2. The van der Waals surface area contributed by atoms with Crippen LogP contribution < -0.4 is 19.5 Å². The fraction of sp³-hybridized carbons (Fsp3) is 0.417. The Morgan fingerprint density at radius 1 is 1.26 bits per heavy atom. The summed E-state index contributed by atoms with van der Waals surface area (Å²) in [6, 6.07) is 3.47. The number of hydrogen-bond donors (Lipinski definition) is 2. The Morgan fingerprint density at radius 3 is 2.97 bits per heavy atom. The van der Waals surface area contributed by atoms with Crippen molar-refractivity contribution in [1.29, 1.82) is 0 Å². The molecule has 5 rings (SSSR count). The number of carbonyl (C=O) groups excluding carboxylic acids is 2. The van der Waals surface area contributed by atoms with Crippen molar-refractivity contribution < 1.29 is 28.5 Å². The molecule has 1 aromatic carbocycles. The topological polar surface area (TPSA) is 128 Å². The van der Waals surface area contributed by atoms with Crippen LogP contribution in [0.5, 0.6) is 17.2 Å². The number of H-pyrrole nitrogens is 1. The van der Waals surface area contributed by atoms with E-state index in [1.165, 1.54) is 6.33 Å². The molecule has 3 aromatic rings. The highest BCUT2D eigenvalue weighted by molar-refractivity contribution is 6.08. The number of likely N-dealkylation sites (tertiary alicyclic amines) is 1. The lowest BCUT2D eigenvalue weighted by Crippen LogP contribution is -2.38. The number of hydrogen-bond acceptors (Lipinski definition) is 8. The number of fused-ring (bicyclic) bond motifs is 2. The van der Waals surface area contributed by atoms with Crippen LogP contribution in [0.3, 0.4) is 0 Å². The third-order valence-electron chi connectivity index (χ3n) is 5.96. The molecule has 0 aliphatic carbocycles. The van der Waals surface area contributed by atoms with E-state index in [1.54, 1.807) is 18.0 Å². The second-order valence-electron chi connectivity index (χ2n) is 8.27. The molecule has 184 valence electrons. The molecule has 2 aliphatic rings. The summed E-state index contributed by atoms with van der Waals surface area (Å²) >= 11 is 0. The Bertz CT molecular complexity index is 1260. The van der Waals surface area contributed by atoms with Gasteiger partial charge in [0.05, 0.1) is 29.9 Å². The lowest BCUT2D eigenvalue weighted by Gasteiger charge is -2.16. The van der Waals surface area contributed by atoms with Crippen LogP contribution in [-0.2, 0) is 4.74 Å². The Hall–Kier alpha value is -4.02. The van der Waals surface area contributed by atoms with Crippen LogP contribution in [0.25, 0.3) is 22.3 Å². The lowest BCUT2D eigenvalue weighted by molar-refractivity contribution is 0.0931. The van der Waals surface area contributed by atoms with Gasteiger partial charge in [-0.3, -0.25) is 4.79 Å². The number of carbonyl (C=O) groups is 2. The maximum absolute atomic E-state index is 13.1. The van der Waals surface area contributed by atoms with Crippen molar-refractivity contribution in [2.45, 2.75) is 32.7 Å². The zero-order valence-electron chi connectivity index (χ0n) is 19.6. The minimum absolute atomic E-state index is 0.108. The summed E-state index contributed by atoms with van der Waals surface area (Å²) in [6.45, 7) is 5.69. The third-order valence-corrected chi connectivity index (χ3v) is 5.96. The molecule has 4 heterocycles. The minimum Gasteiger partial charge on any atom is -0.493 e. The molecule has 2 aromatic heterocycles. The summed E-state index contributed by atoms with van der Waals surface area (Å²) in [7, 11) is 0. The van der Waals surface area contributed by atoms with Gasteiger partial charge in [-0.25, -0.2) is 14.8 Å². The van der Waals surface area contributed by atoms with E-state index < -0.39 is 0 Å². The molecule has 0 saturated carbocycles. The van der Waals surface area contributed by atoms with E-state index in [0.717, 1.165) is 6.42 Å². The average molecular weight is 482 g/mol. The summed E-state index contributed by atoms with van der Waals surface area (Å²) < 4.78 is 22.3. The molecular weight excluding hydrogens is 454 g/mol. The summed E-state index contributed by atoms with van der Waals surface area (Å²) in [5, 5.41) is 3.00. The maximum atomic E-state index is 13.1. The van der Waals surface area contributed by atoms with E-state index >= 15 is 0 Å². The highest BCUT2D eigenvalue weighted by atomic mass is 16.7. The van der Waals surface area contributed by atoms with Crippen LogP contribution in [0.4, 0.5) is 4.79 Å². The molecule has 11 heteroatoms. The number of nitrogens with zero attached hydrogens (tertiary/aromatic N) is 3. The lowest BCUT2D eigenvalue weighted by atomic mass is 10.1. The van der Waals surface area contributed by atoms with Crippen molar-refractivity contribution in [2.75, 3.05) is 33.1 Å². The molecule has 2 aliphatic heterocycles. The van der Waals surface area contributed by atoms with E-state index in [0.29, 0.717) is 77.8 Å². The van der Waals surface area contributed by atoms with Crippen molar-refractivity contribution >= 4 is 23.0 Å². The molecule has 11 nitrogen and oxygen atoms in total. The van der Waals surface area contributed by atoms with Gasteiger partial charge in [-0.1, -0.05) is 6.92 Å². The van der Waals surface area contributed by atoms with Crippen molar-refractivity contribution in [2.24, 2.45) is 0 Å². The number of aromatic amines is 1. The van der Waals surface area contributed by atoms with E-state index in [9.17, 15) is 9.59 Å². The number of rotatable bonds is 7. The predicted octanol–water partition coefficient (Wildman–Crippen LogP) is 3.10. The monoisotopic (exact) mass is 481 g/mol. The van der Waals surface area contributed by atoms with Crippen molar-refractivity contribution in [3.05, 3.63) is 30.2 Å². The van der Waals surface area contributed by atoms with E-state index in [2.05, 4.69) is 20.3 Å². The molecule has 2 amide bonds. The van der Waals surface area contributed by atoms with E-state index in [-0.39, 0.29) is 24.8 Å². The van der Waals surface area contributed by atoms with Gasteiger partial charge in [0.25, 0.3) is 5.91 Å². The van der Waals surface area contributed by atoms with E-state index in [1.807, 2.05) is 19.1 Å². The smallest absolute Gasteiger partial charge is 0.409 e. The number of aromatic nitrogens is 3. The Balaban J connectivity index is 1.44. The highest BCUT2D eigenvalue weighted by Crippen LogP contribution is 2.47. The predicted molar refractivity (Wildman–Crippen MR) is 126 cm³/mol. The van der Waals surface area contributed by atoms with Crippen molar-refractivity contribution in [3.8, 4) is 28.5 Å². The van der Waals surface area contributed by atoms with Crippen LogP contribution in [0.1, 0.15) is 37.0 Å². The maximum Gasteiger partial charge on any atom is 0.409 e. The fourth-order valence-corrected chi connectivity index (χ4v) is 4.33. The number of benzene rings is 1. The summed E-state index contributed by atoms with van der Waals surface area (Å²) in [6.07, 6.45) is 4.16. The molecule has 1 fully saturated rings. The minimum atomic E-state index is -0.364. The van der Waals surface area contributed by atoms with Crippen LogP contribution in [0.15, 0.2) is 24.7 Å². The first kappa shape index (κ1) is 22.8. The second kappa shape index (κ2) is 9.69. The Morgan fingerprint density at radius 2 is 2.14 bits per heavy atom. The standard InChI is InChI=1S/C24H27N5O6/c1-3-9-33-16-5-6-17-22(35-13-34-17)18(16)20-21-19(26-12-27-20)15(10-25-21)23(30)28-14-7-8-29(11-14)24(31)32-4-2/h5-6,10,12,14,25H,3-4,7-9,11,13H2,1-2H3,(H,28,30)/t14-/m1/s1. The van der Waals surface area contributed by atoms with Gasteiger partial charge in [0.1, 0.15) is 23.3 Å². The number of amides is 2. The van der Waals surface area contributed by atoms with Crippen LogP contribution in [-0.4, -0.2) is 71.0 Å². The molecule has 0 bridgehead atoms. The van der Waals surface area contributed by atoms with Gasteiger partial charge in [-0.2, -0.15) is 0 Å². The van der Waals surface area contributed by atoms with Gasteiger partial charge in [-0.15, -0.1) is 0 Å². The van der Waals surface area contributed by atoms with Crippen LogP contribution >= 0.6 is 0 Å². The molecule has 0 radical (unpaired) electrons. The van der Waals surface area contributed by atoms with Crippen molar-refractivity contribution in [1.82, 2.24) is 25.2 Å². The number of ether oxygens (including phenoxy) is 4. The first-order chi connectivity index (χ1) is 17.1. The zero-order chi connectivity index (χ0) is 24.4. The quantitative estimate of drug-likeness (QED) is 0.527. The van der Waals surface area contributed by atoms with Gasteiger partial charge >= 0.3 is 6.09 Å². The third kappa shape index (κ3) is 4.29. The summed E-state index contributed by atoms with van der Waals surface area (Å²) in [5.74, 6) is 1.48. The Labute approximate surface area is 201 Å². The normalized spacial score (nSPS) is 16.5. The van der Waals surface area contributed by atoms with Gasteiger partial charge in [-0.05, 0) is 31.9 Å². The molecule has 0 unspecified atom stereocenters. The average Bonchev–Trinajstić information content (AvgIpc) is 3.61. The molecule has 0 spiro atoms. The van der Waals surface area contributed by atoms with Gasteiger partial charge in [0, 0.05) is 25.3 Å². The van der Waals surface area contributed by atoms with Gasteiger partial charge in [0.15, 0.2) is 11.5 Å². The molecule has 1 atom stereocenters. The van der Waals surface area contributed by atoms with Gasteiger partial charge < -0.3 is 34.1 Å². The molecule has 2 N–H and O–H groups in total. The van der Waals surface area contributed by atoms with Crippen molar-refractivity contribution in [3.63, 3.8) is 0 Å². The largest absolute Gasteiger partial charge is 0.493 e.